The number of halogens is 1. The lowest BCUT2D eigenvalue weighted by Gasteiger charge is -2.17. The van der Waals surface area contributed by atoms with Crippen LogP contribution >= 0.6 is 11.6 Å². The second kappa shape index (κ2) is 5.05. The largest absolute Gasteiger partial charge is 0.497 e. The monoisotopic (exact) mass is 265 g/mol. The third-order valence-corrected chi connectivity index (χ3v) is 2.52. The van der Waals surface area contributed by atoms with Crippen molar-refractivity contribution in [3.05, 3.63) is 29.5 Å². The summed E-state index contributed by atoms with van der Waals surface area (Å²) >= 11 is 5.75. The summed E-state index contributed by atoms with van der Waals surface area (Å²) in [5.41, 5.74) is 6.39. The van der Waals surface area contributed by atoms with Crippen molar-refractivity contribution >= 4 is 29.2 Å². The highest BCUT2D eigenvalue weighted by Crippen LogP contribution is 2.25. The molecule has 1 aromatic heterocycles. The van der Waals surface area contributed by atoms with Gasteiger partial charge in [-0.3, -0.25) is 0 Å². The van der Waals surface area contributed by atoms with Gasteiger partial charge in [-0.2, -0.15) is 15.0 Å². The predicted octanol–water partition coefficient (Wildman–Crippen LogP) is 1.88. The van der Waals surface area contributed by atoms with E-state index in [2.05, 4.69) is 15.0 Å². The first kappa shape index (κ1) is 12.4. The molecule has 1 heterocycles. The zero-order chi connectivity index (χ0) is 13.1. The minimum absolute atomic E-state index is 0.0623. The topological polar surface area (TPSA) is 77.2 Å². The van der Waals surface area contributed by atoms with Gasteiger partial charge in [0.2, 0.25) is 17.2 Å². The van der Waals surface area contributed by atoms with Crippen molar-refractivity contribution in [3.63, 3.8) is 0 Å². The molecule has 0 aliphatic rings. The molecule has 94 valence electrons. The van der Waals surface area contributed by atoms with Crippen LogP contribution in [0.3, 0.4) is 0 Å². The third kappa shape index (κ3) is 2.60. The normalized spacial score (nSPS) is 10.2. The molecule has 6 nitrogen and oxygen atoms in total. The van der Waals surface area contributed by atoms with Crippen molar-refractivity contribution in [2.75, 3.05) is 24.8 Å². The second-order valence-corrected chi connectivity index (χ2v) is 3.86. The molecular weight excluding hydrogens is 254 g/mol. The first-order valence-electron chi connectivity index (χ1n) is 5.15. The summed E-state index contributed by atoms with van der Waals surface area (Å²) in [6.07, 6.45) is 0. The zero-order valence-corrected chi connectivity index (χ0v) is 10.7. The summed E-state index contributed by atoms with van der Waals surface area (Å²) < 4.78 is 5.16. The molecule has 0 atom stereocenters. The Kier molecular flexibility index (Phi) is 3.47. The lowest BCUT2D eigenvalue weighted by atomic mass is 10.3. The number of nitrogen functional groups attached to an aromatic ring is 1. The molecular formula is C11H12ClN5O. The van der Waals surface area contributed by atoms with E-state index in [1.807, 2.05) is 24.3 Å². The number of aromatic nitrogens is 3. The fraction of sp³-hybridized carbons (Fsp3) is 0.182. The van der Waals surface area contributed by atoms with Gasteiger partial charge in [0.25, 0.3) is 0 Å². The van der Waals surface area contributed by atoms with Gasteiger partial charge in [0.15, 0.2) is 0 Å². The van der Waals surface area contributed by atoms with Crippen LogP contribution in [0.4, 0.5) is 17.6 Å². The van der Waals surface area contributed by atoms with Gasteiger partial charge in [-0.15, -0.1) is 0 Å². The number of nitrogens with two attached hydrogens (primary N) is 1. The smallest absolute Gasteiger partial charge is 0.235 e. The number of hydrogen-bond acceptors (Lipinski definition) is 6. The Morgan fingerprint density at radius 1 is 1.28 bits per heavy atom. The lowest BCUT2D eigenvalue weighted by molar-refractivity contribution is 0.415. The Hall–Kier alpha value is -2.08. The van der Waals surface area contributed by atoms with E-state index in [0.29, 0.717) is 5.95 Å². The number of benzene rings is 1. The number of rotatable bonds is 3. The summed E-state index contributed by atoms with van der Waals surface area (Å²) in [6.45, 7) is 0. The maximum Gasteiger partial charge on any atom is 0.235 e. The first-order valence-corrected chi connectivity index (χ1v) is 5.53. The maximum atomic E-state index is 5.75. The van der Waals surface area contributed by atoms with Gasteiger partial charge in [0.1, 0.15) is 5.75 Å². The Morgan fingerprint density at radius 3 is 2.72 bits per heavy atom. The van der Waals surface area contributed by atoms with Crippen molar-refractivity contribution < 1.29 is 4.74 Å². The van der Waals surface area contributed by atoms with Crippen molar-refractivity contribution in [3.8, 4) is 5.75 Å². The van der Waals surface area contributed by atoms with E-state index < -0.39 is 0 Å². The van der Waals surface area contributed by atoms with E-state index in [4.69, 9.17) is 22.1 Å². The predicted molar refractivity (Wildman–Crippen MR) is 70.3 cm³/mol. The molecule has 0 saturated heterocycles. The van der Waals surface area contributed by atoms with E-state index in [9.17, 15) is 0 Å². The zero-order valence-electron chi connectivity index (χ0n) is 9.96. The summed E-state index contributed by atoms with van der Waals surface area (Å²) in [5.74, 6) is 1.20. The van der Waals surface area contributed by atoms with Gasteiger partial charge >= 0.3 is 0 Å². The number of anilines is 3. The molecule has 0 bridgehead atoms. The highest BCUT2D eigenvalue weighted by atomic mass is 35.5. The quantitative estimate of drug-likeness (QED) is 0.913. The summed E-state index contributed by atoms with van der Waals surface area (Å²) in [5, 5.41) is 0.0623. The van der Waals surface area contributed by atoms with Crippen molar-refractivity contribution in [2.45, 2.75) is 0 Å². The van der Waals surface area contributed by atoms with Gasteiger partial charge in [-0.05, 0) is 23.7 Å². The van der Waals surface area contributed by atoms with Crippen LogP contribution in [-0.4, -0.2) is 29.1 Å². The molecule has 7 heteroatoms. The van der Waals surface area contributed by atoms with Gasteiger partial charge < -0.3 is 15.4 Å². The van der Waals surface area contributed by atoms with E-state index >= 15 is 0 Å². The van der Waals surface area contributed by atoms with E-state index in [1.54, 1.807) is 19.1 Å². The molecule has 0 radical (unpaired) electrons. The Labute approximate surface area is 109 Å². The average Bonchev–Trinajstić information content (AvgIpc) is 2.37. The van der Waals surface area contributed by atoms with Gasteiger partial charge in [0.05, 0.1) is 7.11 Å². The van der Waals surface area contributed by atoms with Gasteiger partial charge in [-0.1, -0.05) is 6.07 Å². The van der Waals surface area contributed by atoms with Crippen LogP contribution in [0.25, 0.3) is 0 Å². The van der Waals surface area contributed by atoms with Crippen LogP contribution in [0.15, 0.2) is 24.3 Å². The Balaban J connectivity index is 2.37. The first-order chi connectivity index (χ1) is 8.60. The van der Waals surface area contributed by atoms with Gasteiger partial charge in [-0.25, -0.2) is 0 Å². The van der Waals surface area contributed by atoms with Crippen LogP contribution < -0.4 is 15.4 Å². The molecule has 0 amide bonds. The van der Waals surface area contributed by atoms with Crippen LogP contribution in [-0.2, 0) is 0 Å². The highest BCUT2D eigenvalue weighted by Gasteiger charge is 2.10. The maximum absolute atomic E-state index is 5.75. The van der Waals surface area contributed by atoms with Crippen LogP contribution in [0, 0.1) is 0 Å². The molecule has 0 unspecified atom stereocenters. The number of hydrogen-bond donors (Lipinski definition) is 1. The molecule has 0 fully saturated rings. The molecule has 0 aliphatic heterocycles. The van der Waals surface area contributed by atoms with E-state index in [0.717, 1.165) is 11.4 Å². The highest BCUT2D eigenvalue weighted by molar-refractivity contribution is 6.28. The Morgan fingerprint density at radius 2 is 2.06 bits per heavy atom. The molecule has 2 rings (SSSR count). The van der Waals surface area contributed by atoms with Crippen molar-refractivity contribution in [1.82, 2.24) is 15.0 Å². The second-order valence-electron chi connectivity index (χ2n) is 3.52. The SMILES string of the molecule is COc1cccc(N(C)c2nc(N)nc(Cl)n2)c1. The third-order valence-electron chi connectivity index (χ3n) is 2.35. The van der Waals surface area contributed by atoms with E-state index in [-0.39, 0.29) is 11.2 Å². The van der Waals surface area contributed by atoms with E-state index in [1.165, 1.54) is 0 Å². The minimum Gasteiger partial charge on any atom is -0.497 e. The van der Waals surface area contributed by atoms with Crippen LogP contribution in [0.2, 0.25) is 5.28 Å². The number of nitrogens with zero attached hydrogens (tertiary/aromatic N) is 4. The molecule has 0 aliphatic carbocycles. The lowest BCUT2D eigenvalue weighted by Crippen LogP contribution is -2.14. The summed E-state index contributed by atoms with van der Waals surface area (Å²) in [7, 11) is 3.41. The van der Waals surface area contributed by atoms with Crippen molar-refractivity contribution in [1.29, 1.82) is 0 Å². The van der Waals surface area contributed by atoms with Crippen LogP contribution in [0.5, 0.6) is 5.75 Å². The fourth-order valence-corrected chi connectivity index (χ4v) is 1.60. The molecule has 0 saturated carbocycles. The fourth-order valence-electron chi connectivity index (χ4n) is 1.44. The molecule has 2 aromatic rings. The molecule has 18 heavy (non-hydrogen) atoms. The van der Waals surface area contributed by atoms with Crippen LogP contribution in [0.1, 0.15) is 0 Å². The van der Waals surface area contributed by atoms with Crippen molar-refractivity contribution in [2.24, 2.45) is 0 Å². The van der Waals surface area contributed by atoms with Gasteiger partial charge in [0, 0.05) is 18.8 Å². The summed E-state index contributed by atoms with van der Waals surface area (Å²) in [6, 6.07) is 7.48. The molecule has 1 aromatic carbocycles. The number of methoxy groups -OCH3 is 1. The Bertz CT molecular complexity index is 543. The molecule has 2 N–H and O–H groups in total. The number of ether oxygens (including phenoxy) is 1. The molecule has 0 spiro atoms. The average molecular weight is 266 g/mol. The minimum atomic E-state index is 0.0623. The summed E-state index contributed by atoms with van der Waals surface area (Å²) in [4.78, 5) is 13.5. The standard InChI is InChI=1S/C11H12ClN5O/c1-17(7-4-3-5-8(6-7)18-2)11-15-9(12)14-10(13)16-11/h3-6H,1-2H3,(H2,13,14,15,16).